The van der Waals surface area contributed by atoms with Gasteiger partial charge in [-0.2, -0.15) is 0 Å². The number of nitrogens with zero attached hydrogens (tertiary/aromatic N) is 3. The van der Waals surface area contributed by atoms with Crippen LogP contribution in [0.3, 0.4) is 0 Å². The van der Waals surface area contributed by atoms with Gasteiger partial charge in [0.1, 0.15) is 5.76 Å². The van der Waals surface area contributed by atoms with E-state index in [0.29, 0.717) is 42.7 Å². The maximum absolute atomic E-state index is 12.5. The van der Waals surface area contributed by atoms with Crippen molar-refractivity contribution in [3.05, 3.63) is 36.7 Å². The number of piperidine rings is 1. The zero-order valence-electron chi connectivity index (χ0n) is 18.1. The van der Waals surface area contributed by atoms with Crippen LogP contribution < -0.4 is 5.32 Å². The standard InChI is InChI=1S/C20H26N4O3S2.B2/c1-5-16(25)24-8-6-13(7-9-24)18(26)23-19-22-11-17(29-19)28-12-15-21-10-14(27-15)20(2,3)4;1-2/h5,10-11,13H,1,6-9,12H2,2-4H3,(H,22,23,26);. The summed E-state index contributed by atoms with van der Waals surface area (Å²) in [4.78, 5) is 34.5. The molecule has 2 aromatic heterocycles. The van der Waals surface area contributed by atoms with Gasteiger partial charge in [0.2, 0.25) is 17.7 Å². The molecule has 0 aliphatic carbocycles. The van der Waals surface area contributed by atoms with E-state index in [1.807, 2.05) is 0 Å². The van der Waals surface area contributed by atoms with Crippen LogP contribution in [0.2, 0.25) is 0 Å². The van der Waals surface area contributed by atoms with Gasteiger partial charge in [-0.1, -0.05) is 38.7 Å². The molecular formula is C20H26B2N4O3S2. The first kappa shape index (κ1) is 25.3. The van der Waals surface area contributed by atoms with Crippen molar-refractivity contribution in [2.45, 2.75) is 49.0 Å². The number of carbonyl (C=O) groups excluding carboxylic acids is 2. The Balaban J connectivity index is 0.00000166. The number of carbonyl (C=O) groups is 2. The van der Waals surface area contributed by atoms with E-state index in [0.717, 1.165) is 9.97 Å². The van der Waals surface area contributed by atoms with Crippen molar-refractivity contribution in [2.75, 3.05) is 18.4 Å². The maximum Gasteiger partial charge on any atom is 0.245 e. The van der Waals surface area contributed by atoms with E-state index in [-0.39, 0.29) is 23.1 Å². The number of thioether (sulfide) groups is 1. The molecule has 162 valence electrons. The minimum absolute atomic E-state index is 0.0378. The Hall–Kier alpha value is -2.00. The highest BCUT2D eigenvalue weighted by molar-refractivity contribution is 8.00. The normalized spacial score (nSPS) is 14.5. The molecule has 4 radical (unpaired) electrons. The van der Waals surface area contributed by atoms with Gasteiger partial charge in [-0.3, -0.25) is 9.59 Å². The molecule has 1 fully saturated rings. The minimum atomic E-state index is -0.105. The molecule has 7 nitrogen and oxygen atoms in total. The number of likely N-dealkylation sites (tertiary alicyclic amines) is 1. The lowest BCUT2D eigenvalue weighted by atomic mass is 9.81. The molecule has 0 saturated carbocycles. The Morgan fingerprint density at radius 3 is 2.58 bits per heavy atom. The van der Waals surface area contributed by atoms with Gasteiger partial charge in [-0.05, 0) is 18.9 Å². The zero-order chi connectivity index (χ0) is 23.0. The Labute approximate surface area is 194 Å². The van der Waals surface area contributed by atoms with Gasteiger partial charge in [0.15, 0.2) is 5.13 Å². The van der Waals surface area contributed by atoms with Crippen LogP contribution in [-0.2, 0) is 20.8 Å². The summed E-state index contributed by atoms with van der Waals surface area (Å²) in [6.07, 6.45) is 6.15. The smallest absolute Gasteiger partial charge is 0.245 e. The molecule has 0 unspecified atom stereocenters. The number of hydrogen-bond donors (Lipinski definition) is 1. The molecule has 0 aromatic carbocycles. The number of amides is 2. The van der Waals surface area contributed by atoms with Crippen molar-refractivity contribution in [1.29, 1.82) is 0 Å². The lowest BCUT2D eigenvalue weighted by molar-refractivity contribution is -0.130. The highest BCUT2D eigenvalue weighted by Crippen LogP contribution is 2.32. The molecule has 1 N–H and O–H groups in total. The van der Waals surface area contributed by atoms with Crippen molar-refractivity contribution in [1.82, 2.24) is 14.9 Å². The van der Waals surface area contributed by atoms with Crippen molar-refractivity contribution >= 4 is 55.5 Å². The van der Waals surface area contributed by atoms with Gasteiger partial charge in [0.25, 0.3) is 0 Å². The molecule has 3 heterocycles. The van der Waals surface area contributed by atoms with Crippen LogP contribution in [0.15, 0.2) is 33.7 Å². The van der Waals surface area contributed by atoms with Crippen molar-refractivity contribution in [2.24, 2.45) is 5.92 Å². The van der Waals surface area contributed by atoms with Crippen LogP contribution in [0.5, 0.6) is 0 Å². The van der Waals surface area contributed by atoms with E-state index in [2.05, 4.69) is 58.1 Å². The molecule has 1 aliphatic heterocycles. The summed E-state index contributed by atoms with van der Waals surface area (Å²) in [6, 6.07) is 0. The number of anilines is 1. The molecule has 3 rings (SSSR count). The number of oxazole rings is 1. The van der Waals surface area contributed by atoms with E-state index in [4.69, 9.17) is 4.42 Å². The van der Waals surface area contributed by atoms with Gasteiger partial charge < -0.3 is 14.6 Å². The summed E-state index contributed by atoms with van der Waals surface area (Å²) in [5.74, 6) is 1.94. The molecule has 31 heavy (non-hydrogen) atoms. The molecule has 2 amide bonds. The molecule has 1 saturated heterocycles. The fourth-order valence-electron chi connectivity index (χ4n) is 2.94. The van der Waals surface area contributed by atoms with Gasteiger partial charge >= 0.3 is 0 Å². The predicted molar refractivity (Wildman–Crippen MR) is 127 cm³/mol. The van der Waals surface area contributed by atoms with Crippen LogP contribution >= 0.6 is 23.1 Å². The Kier molecular flexibility index (Phi) is 9.43. The van der Waals surface area contributed by atoms with Crippen LogP contribution in [0.4, 0.5) is 5.13 Å². The number of rotatable bonds is 6. The first-order valence-electron chi connectivity index (χ1n) is 9.85. The average Bonchev–Trinajstić information content (AvgIpc) is 3.42. The molecule has 2 aromatic rings. The molecule has 0 bridgehead atoms. The topological polar surface area (TPSA) is 88.3 Å². The molecule has 0 spiro atoms. The van der Waals surface area contributed by atoms with E-state index < -0.39 is 0 Å². The molecule has 1 aliphatic rings. The van der Waals surface area contributed by atoms with E-state index >= 15 is 0 Å². The second kappa shape index (κ2) is 11.6. The van der Waals surface area contributed by atoms with E-state index in [1.165, 1.54) is 17.4 Å². The first-order chi connectivity index (χ1) is 14.8. The van der Waals surface area contributed by atoms with Crippen molar-refractivity contribution in [3.8, 4) is 0 Å². The van der Waals surface area contributed by atoms with Crippen LogP contribution in [-0.4, -0.2) is 55.2 Å². The molecule has 0 atom stereocenters. The summed E-state index contributed by atoms with van der Waals surface area (Å²) in [5, 5.41) is 3.49. The lowest BCUT2D eigenvalue weighted by Gasteiger charge is -2.30. The fourth-order valence-corrected chi connectivity index (χ4v) is 4.67. The quantitative estimate of drug-likeness (QED) is 0.408. The summed E-state index contributed by atoms with van der Waals surface area (Å²) >= 11 is 3.02. The predicted octanol–water partition coefficient (Wildman–Crippen LogP) is 3.32. The summed E-state index contributed by atoms with van der Waals surface area (Å²) in [7, 11) is 8.00. The largest absolute Gasteiger partial charge is 0.444 e. The monoisotopic (exact) mass is 456 g/mol. The minimum Gasteiger partial charge on any atom is -0.444 e. The fraction of sp³-hybridized carbons (Fsp3) is 0.500. The average molecular weight is 456 g/mol. The van der Waals surface area contributed by atoms with Crippen molar-refractivity contribution in [3.63, 3.8) is 0 Å². The highest BCUT2D eigenvalue weighted by atomic mass is 32.2. The maximum atomic E-state index is 12.5. The third-order valence-electron chi connectivity index (χ3n) is 4.70. The van der Waals surface area contributed by atoms with Gasteiger partial charge in [-0.25, -0.2) is 9.97 Å². The van der Waals surface area contributed by atoms with Crippen LogP contribution in [0.25, 0.3) is 0 Å². The first-order valence-corrected chi connectivity index (χ1v) is 11.7. The summed E-state index contributed by atoms with van der Waals surface area (Å²) in [5.41, 5.74) is -0.0625. The van der Waals surface area contributed by atoms with Crippen LogP contribution in [0, 0.1) is 5.92 Å². The Morgan fingerprint density at radius 1 is 1.32 bits per heavy atom. The van der Waals surface area contributed by atoms with Crippen molar-refractivity contribution < 1.29 is 14.0 Å². The second-order valence-corrected chi connectivity index (χ2v) is 10.2. The number of nitrogens with one attached hydrogen (secondary N) is 1. The Morgan fingerprint density at radius 2 is 2.00 bits per heavy atom. The Bertz CT molecular complexity index is 887. The van der Waals surface area contributed by atoms with E-state index in [1.54, 1.807) is 29.1 Å². The van der Waals surface area contributed by atoms with Gasteiger partial charge in [0, 0.05) is 39.9 Å². The number of thiazole rings is 1. The van der Waals surface area contributed by atoms with Gasteiger partial charge in [0.05, 0.1) is 22.4 Å². The zero-order valence-corrected chi connectivity index (χ0v) is 19.7. The van der Waals surface area contributed by atoms with Gasteiger partial charge in [-0.15, -0.1) is 11.8 Å². The lowest BCUT2D eigenvalue weighted by Crippen LogP contribution is -2.40. The number of aromatic nitrogens is 2. The third kappa shape index (κ3) is 7.28. The van der Waals surface area contributed by atoms with E-state index in [9.17, 15) is 9.59 Å². The molecular weight excluding hydrogens is 430 g/mol. The highest BCUT2D eigenvalue weighted by Gasteiger charge is 2.27. The second-order valence-electron chi connectivity index (χ2n) is 7.93. The summed E-state index contributed by atoms with van der Waals surface area (Å²) < 4.78 is 6.79. The number of hydrogen-bond acceptors (Lipinski definition) is 7. The summed E-state index contributed by atoms with van der Waals surface area (Å²) in [6.45, 7) is 10.9. The van der Waals surface area contributed by atoms with Crippen LogP contribution in [0.1, 0.15) is 45.3 Å². The molecule has 11 heteroatoms. The third-order valence-corrected chi connectivity index (χ3v) is 6.79. The SMILES string of the molecule is C=CC(=O)N1CCC(C(=O)Nc2ncc(SCc3ncc(C(C)(C)C)o3)s2)CC1.[B][B].